The van der Waals surface area contributed by atoms with Gasteiger partial charge in [-0.2, -0.15) is 0 Å². The summed E-state index contributed by atoms with van der Waals surface area (Å²) >= 11 is 0. The topological polar surface area (TPSA) is 38.0 Å². The standard InChI is InChI=1S/C14H26N2/c1-13(2)9-5-6-10-14(13,11-15)16-12-7-3-4-8-12/h3-4,12,16H,5-11,15H2,1-2H3. The average molecular weight is 222 g/mol. The molecule has 3 N–H and O–H groups in total. The minimum Gasteiger partial charge on any atom is -0.329 e. The van der Waals surface area contributed by atoms with Gasteiger partial charge in [-0.15, -0.1) is 0 Å². The number of nitrogens with one attached hydrogen (secondary N) is 1. The highest BCUT2D eigenvalue weighted by molar-refractivity contribution is 5.08. The van der Waals surface area contributed by atoms with Crippen molar-refractivity contribution < 1.29 is 0 Å². The van der Waals surface area contributed by atoms with Gasteiger partial charge in [0.15, 0.2) is 0 Å². The second-order valence-electron chi connectivity index (χ2n) is 6.16. The molecule has 0 aromatic carbocycles. The van der Waals surface area contributed by atoms with E-state index in [2.05, 4.69) is 31.3 Å². The molecule has 1 fully saturated rings. The Morgan fingerprint density at radius 2 is 1.81 bits per heavy atom. The first-order valence-electron chi connectivity index (χ1n) is 6.72. The van der Waals surface area contributed by atoms with Gasteiger partial charge in [0.05, 0.1) is 0 Å². The molecule has 0 aliphatic heterocycles. The number of rotatable bonds is 3. The molecule has 2 aliphatic carbocycles. The van der Waals surface area contributed by atoms with Crippen LogP contribution in [-0.2, 0) is 0 Å². The molecule has 0 amide bonds. The Labute approximate surface area is 99.7 Å². The van der Waals surface area contributed by atoms with Gasteiger partial charge in [-0.3, -0.25) is 0 Å². The van der Waals surface area contributed by atoms with E-state index in [0.29, 0.717) is 11.5 Å². The van der Waals surface area contributed by atoms with Gasteiger partial charge in [-0.25, -0.2) is 0 Å². The number of hydrogen-bond donors (Lipinski definition) is 2. The summed E-state index contributed by atoms with van der Waals surface area (Å²) in [4.78, 5) is 0. The Hall–Kier alpha value is -0.340. The fourth-order valence-electron chi connectivity index (χ4n) is 3.40. The Balaban J connectivity index is 2.09. The van der Waals surface area contributed by atoms with Gasteiger partial charge in [0.1, 0.15) is 0 Å². The van der Waals surface area contributed by atoms with E-state index in [1.807, 2.05) is 0 Å². The monoisotopic (exact) mass is 222 g/mol. The first kappa shape index (κ1) is 12.1. The third-order valence-electron chi connectivity index (χ3n) is 4.79. The first-order valence-corrected chi connectivity index (χ1v) is 6.72. The summed E-state index contributed by atoms with van der Waals surface area (Å²) in [5.74, 6) is 0. The Morgan fingerprint density at radius 3 is 2.38 bits per heavy atom. The van der Waals surface area contributed by atoms with Crippen LogP contribution in [0, 0.1) is 5.41 Å². The van der Waals surface area contributed by atoms with Gasteiger partial charge in [0, 0.05) is 18.1 Å². The molecule has 1 unspecified atom stereocenters. The molecule has 0 spiro atoms. The van der Waals surface area contributed by atoms with E-state index in [9.17, 15) is 0 Å². The first-order chi connectivity index (χ1) is 7.60. The Morgan fingerprint density at radius 1 is 1.19 bits per heavy atom. The molecule has 1 saturated carbocycles. The summed E-state index contributed by atoms with van der Waals surface area (Å²) in [6.45, 7) is 5.54. The largest absolute Gasteiger partial charge is 0.329 e. The lowest BCUT2D eigenvalue weighted by Crippen LogP contribution is -2.64. The lowest BCUT2D eigenvalue weighted by molar-refractivity contribution is 0.0588. The van der Waals surface area contributed by atoms with E-state index in [-0.39, 0.29) is 5.54 Å². The average Bonchev–Trinajstić information content (AvgIpc) is 2.74. The SMILES string of the molecule is CC1(C)CCCCC1(CN)NC1CC=CC1. The molecule has 92 valence electrons. The van der Waals surface area contributed by atoms with Crippen molar-refractivity contribution in [3.63, 3.8) is 0 Å². The van der Waals surface area contributed by atoms with Crippen molar-refractivity contribution in [1.82, 2.24) is 5.32 Å². The minimum atomic E-state index is 0.169. The molecule has 0 saturated heterocycles. The van der Waals surface area contributed by atoms with Crippen LogP contribution < -0.4 is 11.1 Å². The second-order valence-corrected chi connectivity index (χ2v) is 6.16. The third kappa shape index (κ3) is 2.05. The van der Waals surface area contributed by atoms with Gasteiger partial charge in [-0.1, -0.05) is 38.8 Å². The van der Waals surface area contributed by atoms with E-state index in [1.54, 1.807) is 0 Å². The Kier molecular flexibility index (Phi) is 3.41. The summed E-state index contributed by atoms with van der Waals surface area (Å²) in [6, 6.07) is 0.626. The summed E-state index contributed by atoms with van der Waals surface area (Å²) in [6.07, 6.45) is 12.2. The third-order valence-corrected chi connectivity index (χ3v) is 4.79. The van der Waals surface area contributed by atoms with Gasteiger partial charge >= 0.3 is 0 Å². The molecule has 0 heterocycles. The zero-order valence-corrected chi connectivity index (χ0v) is 10.8. The van der Waals surface area contributed by atoms with E-state index in [4.69, 9.17) is 5.73 Å². The summed E-state index contributed by atoms with van der Waals surface area (Å²) in [5, 5.41) is 3.88. The van der Waals surface area contributed by atoms with E-state index < -0.39 is 0 Å². The fraction of sp³-hybridized carbons (Fsp3) is 0.857. The van der Waals surface area contributed by atoms with Gasteiger partial charge < -0.3 is 11.1 Å². The van der Waals surface area contributed by atoms with Crippen LogP contribution in [0.1, 0.15) is 52.4 Å². The van der Waals surface area contributed by atoms with E-state index >= 15 is 0 Å². The van der Waals surface area contributed by atoms with Crippen molar-refractivity contribution in [2.45, 2.75) is 64.0 Å². The fourth-order valence-corrected chi connectivity index (χ4v) is 3.40. The van der Waals surface area contributed by atoms with Crippen LogP contribution >= 0.6 is 0 Å². The van der Waals surface area contributed by atoms with Crippen LogP contribution in [-0.4, -0.2) is 18.1 Å². The van der Waals surface area contributed by atoms with Crippen LogP contribution in [0.5, 0.6) is 0 Å². The zero-order valence-electron chi connectivity index (χ0n) is 10.8. The molecule has 16 heavy (non-hydrogen) atoms. The molecule has 0 aromatic heterocycles. The predicted molar refractivity (Wildman–Crippen MR) is 69.3 cm³/mol. The van der Waals surface area contributed by atoms with E-state index in [1.165, 1.54) is 38.5 Å². The predicted octanol–water partition coefficient (Wildman–Crippen LogP) is 2.59. The number of nitrogens with two attached hydrogens (primary N) is 1. The van der Waals surface area contributed by atoms with Crippen molar-refractivity contribution in [2.75, 3.05) is 6.54 Å². The minimum absolute atomic E-state index is 0.169. The number of hydrogen-bond acceptors (Lipinski definition) is 2. The van der Waals surface area contributed by atoms with Crippen molar-refractivity contribution in [1.29, 1.82) is 0 Å². The maximum absolute atomic E-state index is 6.11. The highest BCUT2D eigenvalue weighted by Gasteiger charge is 2.46. The van der Waals surface area contributed by atoms with Gasteiger partial charge in [0.2, 0.25) is 0 Å². The van der Waals surface area contributed by atoms with Crippen LogP contribution in [0.25, 0.3) is 0 Å². The molecular formula is C14H26N2. The lowest BCUT2D eigenvalue weighted by atomic mass is 9.62. The molecule has 0 bridgehead atoms. The maximum Gasteiger partial charge on any atom is 0.0357 e. The van der Waals surface area contributed by atoms with Crippen molar-refractivity contribution >= 4 is 0 Å². The molecule has 1 atom stereocenters. The van der Waals surface area contributed by atoms with Gasteiger partial charge in [-0.05, 0) is 31.1 Å². The maximum atomic E-state index is 6.11. The van der Waals surface area contributed by atoms with Crippen LogP contribution in [0.4, 0.5) is 0 Å². The van der Waals surface area contributed by atoms with Crippen LogP contribution in [0.2, 0.25) is 0 Å². The molecule has 0 aromatic rings. The summed E-state index contributed by atoms with van der Waals surface area (Å²) in [5.41, 5.74) is 6.61. The molecule has 2 aliphatic rings. The van der Waals surface area contributed by atoms with Gasteiger partial charge in [0.25, 0.3) is 0 Å². The Bertz CT molecular complexity index is 262. The van der Waals surface area contributed by atoms with Crippen LogP contribution in [0.15, 0.2) is 12.2 Å². The molecule has 0 radical (unpaired) electrons. The molecule has 2 heteroatoms. The van der Waals surface area contributed by atoms with Crippen molar-refractivity contribution in [3.05, 3.63) is 12.2 Å². The highest BCUT2D eigenvalue weighted by Crippen LogP contribution is 2.43. The summed E-state index contributed by atoms with van der Waals surface area (Å²) in [7, 11) is 0. The summed E-state index contributed by atoms with van der Waals surface area (Å²) < 4.78 is 0. The molecule has 2 nitrogen and oxygen atoms in total. The van der Waals surface area contributed by atoms with E-state index in [0.717, 1.165) is 6.54 Å². The molecule has 2 rings (SSSR count). The zero-order chi connectivity index (χ0) is 11.6. The second kappa shape index (κ2) is 4.50. The van der Waals surface area contributed by atoms with Crippen LogP contribution in [0.3, 0.4) is 0 Å². The van der Waals surface area contributed by atoms with Crippen molar-refractivity contribution in [2.24, 2.45) is 11.1 Å². The lowest BCUT2D eigenvalue weighted by Gasteiger charge is -2.52. The van der Waals surface area contributed by atoms with Crippen molar-refractivity contribution in [3.8, 4) is 0 Å². The highest BCUT2D eigenvalue weighted by atomic mass is 15.1. The normalized spacial score (nSPS) is 34.4. The smallest absolute Gasteiger partial charge is 0.0357 e. The quantitative estimate of drug-likeness (QED) is 0.720. The molecular weight excluding hydrogens is 196 g/mol.